The van der Waals surface area contributed by atoms with Crippen molar-refractivity contribution in [1.82, 2.24) is 10.2 Å². The van der Waals surface area contributed by atoms with Gasteiger partial charge in [-0.2, -0.15) is 0 Å². The maximum absolute atomic E-state index is 12.8. The second-order valence-electron chi connectivity index (χ2n) is 7.61. The summed E-state index contributed by atoms with van der Waals surface area (Å²) < 4.78 is 0. The molecular weight excluding hydrogens is 290 g/mol. The molecule has 5 heteroatoms. The van der Waals surface area contributed by atoms with E-state index in [2.05, 4.69) is 5.32 Å². The SMILES string of the molecule is NCCNC(=O)C1CCCN(C(=O)C2CC2C2CCCCC2)C1. The summed E-state index contributed by atoms with van der Waals surface area (Å²) in [6.07, 6.45) is 9.60. The quantitative estimate of drug-likeness (QED) is 0.806. The lowest BCUT2D eigenvalue weighted by atomic mass is 9.85. The van der Waals surface area contributed by atoms with Gasteiger partial charge in [0.1, 0.15) is 0 Å². The number of hydrogen-bond acceptors (Lipinski definition) is 3. The number of nitrogens with zero attached hydrogens (tertiary/aromatic N) is 1. The Kier molecular flexibility index (Phi) is 5.57. The maximum Gasteiger partial charge on any atom is 0.226 e. The van der Waals surface area contributed by atoms with E-state index >= 15 is 0 Å². The van der Waals surface area contributed by atoms with Gasteiger partial charge in [-0.15, -0.1) is 0 Å². The van der Waals surface area contributed by atoms with Crippen molar-refractivity contribution in [1.29, 1.82) is 0 Å². The molecule has 3 N–H and O–H groups in total. The van der Waals surface area contributed by atoms with Gasteiger partial charge in [0, 0.05) is 32.1 Å². The van der Waals surface area contributed by atoms with E-state index in [1.54, 1.807) is 0 Å². The van der Waals surface area contributed by atoms with Gasteiger partial charge in [-0.25, -0.2) is 0 Å². The molecule has 2 saturated carbocycles. The smallest absolute Gasteiger partial charge is 0.226 e. The van der Waals surface area contributed by atoms with Gasteiger partial charge in [0.2, 0.25) is 11.8 Å². The zero-order chi connectivity index (χ0) is 16.2. The summed E-state index contributed by atoms with van der Waals surface area (Å²) in [4.78, 5) is 26.8. The first-order valence-corrected chi connectivity index (χ1v) is 9.47. The molecule has 3 atom stereocenters. The summed E-state index contributed by atoms with van der Waals surface area (Å²) in [7, 11) is 0. The van der Waals surface area contributed by atoms with Gasteiger partial charge in [0.25, 0.3) is 0 Å². The number of carbonyl (C=O) groups excluding carboxylic acids is 2. The Hall–Kier alpha value is -1.10. The summed E-state index contributed by atoms with van der Waals surface area (Å²) in [6.45, 7) is 2.42. The number of likely N-dealkylation sites (tertiary alicyclic amines) is 1. The van der Waals surface area contributed by atoms with Crippen molar-refractivity contribution in [2.24, 2.45) is 29.4 Å². The van der Waals surface area contributed by atoms with Crippen LogP contribution in [0.1, 0.15) is 51.4 Å². The minimum Gasteiger partial charge on any atom is -0.355 e. The van der Waals surface area contributed by atoms with Crippen LogP contribution in [-0.4, -0.2) is 42.9 Å². The molecule has 130 valence electrons. The van der Waals surface area contributed by atoms with Crippen LogP contribution >= 0.6 is 0 Å². The van der Waals surface area contributed by atoms with E-state index in [0.29, 0.717) is 31.5 Å². The van der Waals surface area contributed by atoms with Gasteiger partial charge in [0.05, 0.1) is 5.92 Å². The second kappa shape index (κ2) is 7.65. The van der Waals surface area contributed by atoms with Crippen LogP contribution in [0.15, 0.2) is 0 Å². The predicted octanol–water partition coefficient (Wildman–Crippen LogP) is 1.52. The second-order valence-corrected chi connectivity index (χ2v) is 7.61. The van der Waals surface area contributed by atoms with E-state index in [1.807, 2.05) is 4.90 Å². The number of carbonyl (C=O) groups is 2. The molecule has 0 aromatic rings. The molecule has 3 fully saturated rings. The van der Waals surface area contributed by atoms with E-state index in [4.69, 9.17) is 5.73 Å². The van der Waals surface area contributed by atoms with Crippen molar-refractivity contribution >= 4 is 11.8 Å². The summed E-state index contributed by atoms with van der Waals surface area (Å²) >= 11 is 0. The van der Waals surface area contributed by atoms with E-state index in [1.165, 1.54) is 32.1 Å². The van der Waals surface area contributed by atoms with Crippen LogP contribution in [0.2, 0.25) is 0 Å². The molecule has 3 unspecified atom stereocenters. The lowest BCUT2D eigenvalue weighted by Gasteiger charge is -2.32. The first-order chi connectivity index (χ1) is 11.2. The van der Waals surface area contributed by atoms with Gasteiger partial charge >= 0.3 is 0 Å². The number of nitrogens with two attached hydrogens (primary N) is 1. The molecule has 2 amide bonds. The monoisotopic (exact) mass is 321 g/mol. The van der Waals surface area contributed by atoms with Gasteiger partial charge in [0.15, 0.2) is 0 Å². The highest BCUT2D eigenvalue weighted by molar-refractivity contribution is 5.84. The molecule has 0 aromatic heterocycles. The molecule has 0 bridgehead atoms. The predicted molar refractivity (Wildman–Crippen MR) is 89.5 cm³/mol. The number of hydrogen-bond donors (Lipinski definition) is 2. The highest BCUT2D eigenvalue weighted by atomic mass is 16.2. The standard InChI is InChI=1S/C18H31N3O2/c19-8-9-20-17(22)14-7-4-10-21(12-14)18(23)16-11-15(16)13-5-2-1-3-6-13/h13-16H,1-12,19H2,(H,20,22). The Bertz CT molecular complexity index is 434. The molecule has 0 aromatic carbocycles. The Balaban J connectivity index is 1.49. The largest absolute Gasteiger partial charge is 0.355 e. The van der Waals surface area contributed by atoms with Crippen LogP contribution in [0.4, 0.5) is 0 Å². The average molecular weight is 321 g/mol. The number of piperidine rings is 1. The van der Waals surface area contributed by atoms with Crippen molar-refractivity contribution < 1.29 is 9.59 Å². The third-order valence-electron chi connectivity index (χ3n) is 5.96. The first kappa shape index (κ1) is 16.7. The number of nitrogens with one attached hydrogen (secondary N) is 1. The summed E-state index contributed by atoms with van der Waals surface area (Å²) in [5, 5.41) is 2.86. The summed E-state index contributed by atoms with van der Waals surface area (Å²) in [6, 6.07) is 0. The normalized spacial score (nSPS) is 31.7. The zero-order valence-electron chi connectivity index (χ0n) is 14.1. The average Bonchev–Trinajstić information content (AvgIpc) is 3.40. The first-order valence-electron chi connectivity index (χ1n) is 9.47. The van der Waals surface area contributed by atoms with Gasteiger partial charge in [-0.1, -0.05) is 32.1 Å². The van der Waals surface area contributed by atoms with Crippen LogP contribution in [0.3, 0.4) is 0 Å². The van der Waals surface area contributed by atoms with Crippen LogP contribution in [0, 0.1) is 23.7 Å². The fourth-order valence-electron chi connectivity index (χ4n) is 4.55. The molecule has 3 aliphatic rings. The molecule has 0 radical (unpaired) electrons. The third kappa shape index (κ3) is 4.06. The van der Waals surface area contributed by atoms with Gasteiger partial charge in [-0.05, 0) is 31.1 Å². The molecule has 3 rings (SSSR count). The van der Waals surface area contributed by atoms with E-state index in [-0.39, 0.29) is 17.7 Å². The summed E-state index contributed by atoms with van der Waals surface area (Å²) in [5.74, 6) is 2.00. The van der Waals surface area contributed by atoms with Crippen molar-refractivity contribution in [3.63, 3.8) is 0 Å². The fraction of sp³-hybridized carbons (Fsp3) is 0.889. The lowest BCUT2D eigenvalue weighted by Crippen LogP contribution is -2.46. The topological polar surface area (TPSA) is 75.4 Å². The van der Waals surface area contributed by atoms with E-state index < -0.39 is 0 Å². The molecule has 1 aliphatic heterocycles. The minimum atomic E-state index is -0.0499. The summed E-state index contributed by atoms with van der Waals surface area (Å²) in [5.41, 5.74) is 5.44. The molecule has 23 heavy (non-hydrogen) atoms. The van der Waals surface area contributed by atoms with E-state index in [9.17, 15) is 9.59 Å². The third-order valence-corrected chi connectivity index (χ3v) is 5.96. The molecule has 1 heterocycles. The highest BCUT2D eigenvalue weighted by Gasteiger charge is 2.49. The molecule has 1 saturated heterocycles. The van der Waals surface area contributed by atoms with Crippen LogP contribution in [-0.2, 0) is 9.59 Å². The Morgan fingerprint density at radius 2 is 1.87 bits per heavy atom. The molecule has 0 spiro atoms. The number of amides is 2. The molecule has 5 nitrogen and oxygen atoms in total. The van der Waals surface area contributed by atoms with Crippen molar-refractivity contribution in [2.45, 2.75) is 51.4 Å². The number of rotatable bonds is 5. The van der Waals surface area contributed by atoms with Crippen LogP contribution in [0.5, 0.6) is 0 Å². The Morgan fingerprint density at radius 3 is 2.61 bits per heavy atom. The van der Waals surface area contributed by atoms with Crippen molar-refractivity contribution in [2.75, 3.05) is 26.2 Å². The fourth-order valence-corrected chi connectivity index (χ4v) is 4.55. The maximum atomic E-state index is 12.8. The van der Waals surface area contributed by atoms with Crippen molar-refractivity contribution in [3.05, 3.63) is 0 Å². The highest BCUT2D eigenvalue weighted by Crippen LogP contribution is 2.50. The van der Waals surface area contributed by atoms with Crippen molar-refractivity contribution in [3.8, 4) is 0 Å². The van der Waals surface area contributed by atoms with E-state index in [0.717, 1.165) is 31.7 Å². The van der Waals surface area contributed by atoms with Gasteiger partial charge < -0.3 is 16.0 Å². The van der Waals surface area contributed by atoms with Gasteiger partial charge in [-0.3, -0.25) is 9.59 Å². The van der Waals surface area contributed by atoms with Crippen LogP contribution < -0.4 is 11.1 Å². The molecular formula is C18H31N3O2. The minimum absolute atomic E-state index is 0.0499. The molecule has 2 aliphatic carbocycles. The Morgan fingerprint density at radius 1 is 1.09 bits per heavy atom. The lowest BCUT2D eigenvalue weighted by molar-refractivity contribution is -0.137. The zero-order valence-corrected chi connectivity index (χ0v) is 14.1. The van der Waals surface area contributed by atoms with Crippen LogP contribution in [0.25, 0.3) is 0 Å². The Labute approximate surface area is 139 Å².